The lowest BCUT2D eigenvalue weighted by Gasteiger charge is -2.12. The minimum Gasteiger partial charge on any atom is -0.403 e. The van der Waals surface area contributed by atoms with Crippen molar-refractivity contribution in [2.24, 2.45) is 0 Å². The Balaban J connectivity index is 3.15. The van der Waals surface area contributed by atoms with Crippen molar-refractivity contribution in [3.05, 3.63) is 19.9 Å². The first-order valence-corrected chi connectivity index (χ1v) is 5.47. The van der Waals surface area contributed by atoms with E-state index in [1.54, 1.807) is 0 Å². The molecular formula is C7H2BrF5INO. The number of hydrogen-bond donors (Lipinski definition) is 0. The lowest BCUT2D eigenvalue weighted by atomic mass is 10.3. The molecular weight excluding hydrogens is 416 g/mol. The zero-order chi connectivity index (χ0) is 12.5. The maximum Gasteiger partial charge on any atom is 0.573 e. The molecule has 16 heavy (non-hydrogen) atoms. The molecule has 1 aromatic rings. The van der Waals surface area contributed by atoms with Gasteiger partial charge < -0.3 is 4.74 Å². The summed E-state index contributed by atoms with van der Waals surface area (Å²) in [5, 5.41) is 0. The quantitative estimate of drug-likeness (QED) is 0.407. The topological polar surface area (TPSA) is 22.1 Å². The Hall–Kier alpha value is -0.190. The lowest BCUT2D eigenvalue weighted by Crippen LogP contribution is -2.18. The van der Waals surface area contributed by atoms with Gasteiger partial charge in [0.15, 0.2) is 5.75 Å². The Morgan fingerprint density at radius 3 is 2.38 bits per heavy atom. The monoisotopic (exact) mass is 417 g/mol. The Morgan fingerprint density at radius 2 is 1.94 bits per heavy atom. The Bertz CT molecular complexity index is 397. The molecule has 0 radical (unpaired) electrons. The molecule has 0 aromatic carbocycles. The number of aromatic nitrogens is 1. The summed E-state index contributed by atoms with van der Waals surface area (Å²) in [7, 11) is 0. The second-order valence-corrected chi connectivity index (χ2v) is 4.28. The van der Waals surface area contributed by atoms with Gasteiger partial charge in [0.05, 0.1) is 5.56 Å². The highest BCUT2D eigenvalue weighted by Crippen LogP contribution is 2.34. The number of hydrogen-bond acceptors (Lipinski definition) is 2. The van der Waals surface area contributed by atoms with Crippen molar-refractivity contribution in [3.63, 3.8) is 0 Å². The maximum atomic E-state index is 12.4. The second kappa shape index (κ2) is 4.98. The van der Waals surface area contributed by atoms with Gasteiger partial charge in [-0.25, -0.2) is 13.8 Å². The summed E-state index contributed by atoms with van der Waals surface area (Å²) in [5.74, 6) is -0.744. The molecule has 9 heteroatoms. The number of nitrogens with zero attached hydrogens (tertiary/aromatic N) is 1. The van der Waals surface area contributed by atoms with E-state index in [-0.39, 0.29) is 8.30 Å². The van der Waals surface area contributed by atoms with Crippen molar-refractivity contribution in [1.82, 2.24) is 4.98 Å². The average Bonchev–Trinajstić information content (AvgIpc) is 2.07. The van der Waals surface area contributed by atoms with E-state index in [1.807, 2.05) is 0 Å². The van der Waals surface area contributed by atoms with E-state index in [4.69, 9.17) is 0 Å². The molecule has 0 amide bonds. The van der Waals surface area contributed by atoms with E-state index in [1.165, 1.54) is 22.6 Å². The van der Waals surface area contributed by atoms with Crippen molar-refractivity contribution in [3.8, 4) is 5.75 Å². The third kappa shape index (κ3) is 3.68. The summed E-state index contributed by atoms with van der Waals surface area (Å²) in [4.78, 5) is 3.48. The molecule has 0 atom stereocenters. The van der Waals surface area contributed by atoms with Crippen molar-refractivity contribution in [2.45, 2.75) is 12.8 Å². The fraction of sp³-hybridized carbons (Fsp3) is 0.286. The number of pyridine rings is 1. The number of rotatable bonds is 2. The van der Waals surface area contributed by atoms with Crippen LogP contribution in [0.3, 0.4) is 0 Å². The van der Waals surface area contributed by atoms with Crippen LogP contribution in [-0.2, 0) is 0 Å². The molecule has 0 N–H and O–H groups in total. The Morgan fingerprint density at radius 1 is 1.38 bits per heavy atom. The van der Waals surface area contributed by atoms with E-state index >= 15 is 0 Å². The van der Waals surface area contributed by atoms with Crippen molar-refractivity contribution in [1.29, 1.82) is 0 Å². The largest absolute Gasteiger partial charge is 0.573 e. The third-order valence-electron chi connectivity index (χ3n) is 1.39. The molecule has 2 nitrogen and oxygen atoms in total. The van der Waals surface area contributed by atoms with Gasteiger partial charge >= 0.3 is 6.36 Å². The van der Waals surface area contributed by atoms with Crippen LogP contribution >= 0.6 is 38.5 Å². The molecule has 0 aliphatic heterocycles. The normalized spacial score (nSPS) is 12.0. The van der Waals surface area contributed by atoms with Crippen LogP contribution in [0.4, 0.5) is 22.0 Å². The van der Waals surface area contributed by atoms with Crippen LogP contribution in [0.15, 0.2) is 10.7 Å². The van der Waals surface area contributed by atoms with Crippen molar-refractivity contribution in [2.75, 3.05) is 0 Å². The van der Waals surface area contributed by atoms with E-state index in [2.05, 4.69) is 25.7 Å². The minimum absolute atomic E-state index is 0.161. The van der Waals surface area contributed by atoms with Crippen LogP contribution < -0.4 is 4.74 Å². The van der Waals surface area contributed by atoms with E-state index < -0.39 is 24.1 Å². The minimum atomic E-state index is -4.94. The van der Waals surface area contributed by atoms with Crippen LogP contribution in [0, 0.1) is 3.70 Å². The van der Waals surface area contributed by atoms with Gasteiger partial charge in [0, 0.05) is 0 Å². The highest BCUT2D eigenvalue weighted by molar-refractivity contribution is 14.1. The number of halogens is 7. The molecule has 0 bridgehead atoms. The van der Waals surface area contributed by atoms with Gasteiger partial charge in [-0.2, -0.15) is 0 Å². The van der Waals surface area contributed by atoms with Gasteiger partial charge in [-0.15, -0.1) is 13.2 Å². The highest BCUT2D eigenvalue weighted by Gasteiger charge is 2.33. The number of ether oxygens (including phenoxy) is 1. The Labute approximate surface area is 108 Å². The van der Waals surface area contributed by atoms with Gasteiger partial charge in [0.1, 0.15) is 8.30 Å². The van der Waals surface area contributed by atoms with Crippen LogP contribution in [0.2, 0.25) is 0 Å². The van der Waals surface area contributed by atoms with Gasteiger partial charge in [0.2, 0.25) is 0 Å². The van der Waals surface area contributed by atoms with E-state index in [9.17, 15) is 22.0 Å². The maximum absolute atomic E-state index is 12.4. The predicted molar refractivity (Wildman–Crippen MR) is 56.3 cm³/mol. The molecule has 0 spiro atoms. The first-order valence-electron chi connectivity index (χ1n) is 3.60. The molecule has 1 heterocycles. The molecule has 0 saturated heterocycles. The summed E-state index contributed by atoms with van der Waals surface area (Å²) >= 11 is 4.18. The SMILES string of the molecule is FC(F)c1cc(OC(F)(F)F)c(I)nc1Br. The first kappa shape index (κ1) is 13.9. The van der Waals surface area contributed by atoms with Crippen LogP contribution in [0.25, 0.3) is 0 Å². The van der Waals surface area contributed by atoms with Gasteiger partial charge in [-0.05, 0) is 44.6 Å². The summed E-state index contributed by atoms with van der Waals surface area (Å²) in [6.07, 6.45) is -7.87. The lowest BCUT2D eigenvalue weighted by molar-refractivity contribution is -0.275. The van der Waals surface area contributed by atoms with Gasteiger partial charge in [-0.3, -0.25) is 0 Å². The predicted octanol–water partition coefficient (Wildman–Crippen LogP) is 4.28. The second-order valence-electron chi connectivity index (χ2n) is 2.51. The molecule has 0 unspecified atom stereocenters. The standard InChI is InChI=1S/C7H2BrF5INO/c8-4-2(5(9)10)1-3(6(14)15-4)16-7(11,12)13/h1,5H. The molecule has 1 rings (SSSR count). The van der Waals surface area contributed by atoms with Crippen molar-refractivity contribution >= 4 is 38.5 Å². The molecule has 0 fully saturated rings. The zero-order valence-corrected chi connectivity index (χ0v) is 10.9. The molecule has 0 saturated carbocycles. The fourth-order valence-electron chi connectivity index (χ4n) is 0.815. The summed E-state index contributed by atoms with van der Waals surface area (Å²) in [6.45, 7) is 0. The van der Waals surface area contributed by atoms with Crippen LogP contribution in [0.1, 0.15) is 12.0 Å². The first-order chi connectivity index (χ1) is 7.20. The van der Waals surface area contributed by atoms with Crippen LogP contribution in [0.5, 0.6) is 5.75 Å². The summed E-state index contributed by atoms with van der Waals surface area (Å²) < 4.78 is 63.6. The average molecular weight is 418 g/mol. The van der Waals surface area contributed by atoms with Crippen LogP contribution in [-0.4, -0.2) is 11.3 Å². The van der Waals surface area contributed by atoms with Gasteiger partial charge in [-0.1, -0.05) is 0 Å². The summed E-state index contributed by atoms with van der Waals surface area (Å²) in [5.41, 5.74) is -0.653. The molecule has 90 valence electrons. The van der Waals surface area contributed by atoms with E-state index in [0.29, 0.717) is 6.07 Å². The summed E-state index contributed by atoms with van der Waals surface area (Å²) in [6, 6.07) is 0.608. The van der Waals surface area contributed by atoms with Gasteiger partial charge in [0.25, 0.3) is 6.43 Å². The molecule has 0 aliphatic rings. The third-order valence-corrected chi connectivity index (χ3v) is 2.79. The Kier molecular flexibility index (Phi) is 4.32. The molecule has 1 aromatic heterocycles. The fourth-order valence-corrected chi connectivity index (χ4v) is 2.12. The number of alkyl halides is 5. The van der Waals surface area contributed by atoms with E-state index in [0.717, 1.165) is 0 Å². The molecule has 0 aliphatic carbocycles. The zero-order valence-electron chi connectivity index (χ0n) is 7.16. The highest BCUT2D eigenvalue weighted by atomic mass is 127. The smallest absolute Gasteiger partial charge is 0.403 e. The van der Waals surface area contributed by atoms with Crippen molar-refractivity contribution < 1.29 is 26.7 Å².